The monoisotopic (exact) mass is 266 g/mol. The van der Waals surface area contributed by atoms with E-state index >= 15 is 0 Å². The molecule has 1 rings (SSSR count). The number of hydrogen-bond acceptors (Lipinski definition) is 5. The molecule has 1 aromatic rings. The Kier molecular flexibility index (Phi) is 5.01. The summed E-state index contributed by atoms with van der Waals surface area (Å²) in [6.45, 7) is 0. The van der Waals surface area contributed by atoms with Gasteiger partial charge in [-0.2, -0.15) is 0 Å². The first-order valence-corrected chi connectivity index (χ1v) is 5.41. The van der Waals surface area contributed by atoms with Crippen LogP contribution in [-0.4, -0.2) is 36.1 Å². The van der Waals surface area contributed by atoms with Crippen molar-refractivity contribution in [3.63, 3.8) is 0 Å². The van der Waals surface area contributed by atoms with E-state index in [1.807, 2.05) is 0 Å². The van der Waals surface area contributed by atoms with Gasteiger partial charge in [-0.05, 0) is 12.1 Å². The Bertz CT molecular complexity index is 501. The van der Waals surface area contributed by atoms with Crippen molar-refractivity contribution in [3.05, 3.63) is 29.8 Å². The van der Waals surface area contributed by atoms with Gasteiger partial charge in [0.05, 0.1) is 24.8 Å². The van der Waals surface area contributed by atoms with Crippen LogP contribution in [0.2, 0.25) is 0 Å². The van der Waals surface area contributed by atoms with Crippen molar-refractivity contribution >= 4 is 23.5 Å². The topological polar surface area (TPSA) is 119 Å². The van der Waals surface area contributed by atoms with Crippen molar-refractivity contribution < 1.29 is 24.2 Å². The van der Waals surface area contributed by atoms with Crippen LogP contribution in [0.15, 0.2) is 24.3 Å². The summed E-state index contributed by atoms with van der Waals surface area (Å²) in [5.74, 6) is -2.46. The fraction of sp³-hybridized carbons (Fsp3) is 0.250. The van der Waals surface area contributed by atoms with E-state index in [1.165, 1.54) is 19.2 Å². The Morgan fingerprint density at radius 1 is 1.37 bits per heavy atom. The summed E-state index contributed by atoms with van der Waals surface area (Å²) < 4.78 is 4.57. The van der Waals surface area contributed by atoms with Gasteiger partial charge in [0.1, 0.15) is 6.04 Å². The normalized spacial score (nSPS) is 11.5. The van der Waals surface area contributed by atoms with Crippen LogP contribution in [-0.2, 0) is 14.3 Å². The maximum atomic E-state index is 11.6. The largest absolute Gasteiger partial charge is 0.480 e. The minimum atomic E-state index is -1.29. The molecule has 0 aromatic heterocycles. The van der Waals surface area contributed by atoms with Gasteiger partial charge in [-0.3, -0.25) is 9.59 Å². The molecular weight excluding hydrogens is 252 g/mol. The van der Waals surface area contributed by atoms with Gasteiger partial charge in [-0.15, -0.1) is 0 Å². The van der Waals surface area contributed by atoms with E-state index in [2.05, 4.69) is 10.1 Å². The molecule has 0 heterocycles. The highest BCUT2D eigenvalue weighted by Gasteiger charge is 2.18. The van der Waals surface area contributed by atoms with Crippen molar-refractivity contribution in [1.29, 1.82) is 0 Å². The highest BCUT2D eigenvalue weighted by Crippen LogP contribution is 2.16. The van der Waals surface area contributed by atoms with E-state index in [-0.39, 0.29) is 17.7 Å². The molecule has 102 valence electrons. The molecule has 19 heavy (non-hydrogen) atoms. The quantitative estimate of drug-likeness (QED) is 0.656. The van der Waals surface area contributed by atoms with Gasteiger partial charge < -0.3 is 20.9 Å². The Hall–Kier alpha value is -2.41. The van der Waals surface area contributed by atoms with E-state index in [4.69, 9.17) is 10.8 Å². The third kappa shape index (κ3) is 4.07. The third-order valence-corrected chi connectivity index (χ3v) is 2.33. The predicted octanol–water partition coefficient (Wildman–Crippen LogP) is 0.214. The van der Waals surface area contributed by atoms with E-state index < -0.39 is 23.9 Å². The summed E-state index contributed by atoms with van der Waals surface area (Å²) in [4.78, 5) is 33.6. The zero-order valence-corrected chi connectivity index (χ0v) is 10.3. The van der Waals surface area contributed by atoms with Crippen molar-refractivity contribution in [1.82, 2.24) is 0 Å². The van der Waals surface area contributed by atoms with E-state index in [0.29, 0.717) is 0 Å². The lowest BCUT2D eigenvalue weighted by Gasteiger charge is -2.10. The predicted molar refractivity (Wildman–Crippen MR) is 66.6 cm³/mol. The number of anilines is 1. The van der Waals surface area contributed by atoms with Gasteiger partial charge in [0.25, 0.3) is 0 Å². The number of carbonyl (C=O) groups is 3. The molecule has 7 heteroatoms. The Morgan fingerprint density at radius 3 is 2.58 bits per heavy atom. The Balaban J connectivity index is 2.80. The molecule has 0 aliphatic carbocycles. The molecule has 0 aliphatic heterocycles. The molecule has 1 atom stereocenters. The maximum Gasteiger partial charge on any atom is 0.339 e. The van der Waals surface area contributed by atoms with Crippen LogP contribution in [0, 0.1) is 0 Å². The van der Waals surface area contributed by atoms with Crippen LogP contribution in [0.25, 0.3) is 0 Å². The summed E-state index contributed by atoms with van der Waals surface area (Å²) in [7, 11) is 1.22. The summed E-state index contributed by atoms with van der Waals surface area (Å²) in [6.07, 6.45) is -0.384. The number of hydrogen-bond donors (Lipinski definition) is 3. The van der Waals surface area contributed by atoms with E-state index in [9.17, 15) is 14.4 Å². The van der Waals surface area contributed by atoms with Gasteiger partial charge >= 0.3 is 11.9 Å². The molecule has 0 saturated carbocycles. The van der Waals surface area contributed by atoms with Crippen LogP contribution in [0.4, 0.5) is 5.69 Å². The lowest BCUT2D eigenvalue weighted by molar-refractivity contribution is -0.140. The molecular formula is C12H14N2O5. The Labute approximate surface area is 109 Å². The van der Waals surface area contributed by atoms with E-state index in [0.717, 1.165) is 0 Å². The molecule has 1 amide bonds. The van der Waals surface area contributed by atoms with Crippen molar-refractivity contribution in [2.24, 2.45) is 5.73 Å². The number of nitrogens with one attached hydrogen (secondary N) is 1. The molecule has 0 fully saturated rings. The van der Waals surface area contributed by atoms with Gasteiger partial charge in [0.15, 0.2) is 0 Å². The summed E-state index contributed by atoms with van der Waals surface area (Å²) in [5.41, 5.74) is 5.67. The molecule has 1 unspecified atom stereocenters. The average Bonchev–Trinajstić information content (AvgIpc) is 2.38. The molecule has 0 aliphatic rings. The van der Waals surface area contributed by atoms with Crippen molar-refractivity contribution in [2.75, 3.05) is 12.4 Å². The molecule has 0 bridgehead atoms. The summed E-state index contributed by atoms with van der Waals surface area (Å²) in [6, 6.07) is 4.95. The van der Waals surface area contributed by atoms with Gasteiger partial charge in [0, 0.05) is 0 Å². The number of methoxy groups -OCH3 is 1. The second-order valence-corrected chi connectivity index (χ2v) is 3.73. The first-order valence-electron chi connectivity index (χ1n) is 5.41. The zero-order chi connectivity index (χ0) is 14.4. The molecule has 0 saturated heterocycles. The number of aliphatic carboxylic acids is 1. The third-order valence-electron chi connectivity index (χ3n) is 2.33. The van der Waals surface area contributed by atoms with Gasteiger partial charge in [-0.1, -0.05) is 12.1 Å². The minimum Gasteiger partial charge on any atom is -0.480 e. The fourth-order valence-electron chi connectivity index (χ4n) is 1.37. The number of esters is 1. The van der Waals surface area contributed by atoms with Crippen molar-refractivity contribution in [3.8, 4) is 0 Å². The van der Waals surface area contributed by atoms with Crippen LogP contribution in [0.5, 0.6) is 0 Å². The standard InChI is InChI=1S/C12H14N2O5/c1-19-12(18)7-4-2-3-5-9(7)14-10(15)6-8(13)11(16)17/h2-5,8H,6,13H2,1H3,(H,14,15)(H,16,17). The highest BCUT2D eigenvalue weighted by atomic mass is 16.5. The van der Waals surface area contributed by atoms with Crippen LogP contribution in [0.1, 0.15) is 16.8 Å². The molecule has 1 aromatic carbocycles. The first-order chi connectivity index (χ1) is 8.95. The highest BCUT2D eigenvalue weighted by molar-refractivity contribution is 6.02. The maximum absolute atomic E-state index is 11.6. The fourth-order valence-corrected chi connectivity index (χ4v) is 1.37. The molecule has 0 spiro atoms. The number of ether oxygens (including phenoxy) is 1. The second kappa shape index (κ2) is 6.50. The number of nitrogens with two attached hydrogens (primary N) is 1. The van der Waals surface area contributed by atoms with Crippen LogP contribution in [0.3, 0.4) is 0 Å². The van der Waals surface area contributed by atoms with Crippen LogP contribution < -0.4 is 11.1 Å². The number of carbonyl (C=O) groups excluding carboxylic acids is 2. The SMILES string of the molecule is COC(=O)c1ccccc1NC(=O)CC(N)C(=O)O. The minimum absolute atomic E-state index is 0.183. The second-order valence-electron chi connectivity index (χ2n) is 3.73. The van der Waals surface area contributed by atoms with Crippen molar-refractivity contribution in [2.45, 2.75) is 12.5 Å². The number of amides is 1. The number of carboxylic acid groups (broad SMARTS) is 1. The van der Waals surface area contributed by atoms with E-state index in [1.54, 1.807) is 12.1 Å². The average molecular weight is 266 g/mol. The lowest BCUT2D eigenvalue weighted by Crippen LogP contribution is -2.34. The molecule has 7 nitrogen and oxygen atoms in total. The number of benzene rings is 1. The van der Waals surface area contributed by atoms with Crippen LogP contribution >= 0.6 is 0 Å². The summed E-state index contributed by atoms with van der Waals surface area (Å²) >= 11 is 0. The molecule has 0 radical (unpaired) electrons. The first kappa shape index (κ1) is 14.7. The number of carboxylic acids is 1. The summed E-state index contributed by atoms with van der Waals surface area (Å²) in [5, 5.41) is 11.0. The number of rotatable bonds is 5. The lowest BCUT2D eigenvalue weighted by atomic mass is 10.1. The molecule has 4 N–H and O–H groups in total. The van der Waals surface area contributed by atoms with Gasteiger partial charge in [-0.25, -0.2) is 4.79 Å². The zero-order valence-electron chi connectivity index (χ0n) is 10.3. The number of para-hydroxylation sites is 1. The van der Waals surface area contributed by atoms with Gasteiger partial charge in [0.2, 0.25) is 5.91 Å². The Morgan fingerprint density at radius 2 is 2.00 bits per heavy atom. The smallest absolute Gasteiger partial charge is 0.339 e.